The van der Waals surface area contributed by atoms with E-state index in [9.17, 15) is 4.79 Å². The number of aryl methyl sites for hydroxylation is 1. The molecule has 4 N–H and O–H groups in total. The summed E-state index contributed by atoms with van der Waals surface area (Å²) in [6, 6.07) is 1.67. The number of nitrogens with zero attached hydrogens (tertiary/aromatic N) is 2. The first kappa shape index (κ1) is 15.2. The Labute approximate surface area is 114 Å². The Balaban J connectivity index is 2.45. The molecule has 1 amide bonds. The van der Waals surface area contributed by atoms with Crippen LogP contribution in [0.25, 0.3) is 0 Å². The highest BCUT2D eigenvalue weighted by Crippen LogP contribution is 2.08. The Morgan fingerprint density at radius 2 is 2.05 bits per heavy atom. The first-order valence-corrected chi connectivity index (χ1v) is 6.48. The van der Waals surface area contributed by atoms with Crippen LogP contribution in [0.3, 0.4) is 0 Å². The summed E-state index contributed by atoms with van der Waals surface area (Å²) < 4.78 is 0. The molecule has 0 fully saturated rings. The van der Waals surface area contributed by atoms with Crippen LogP contribution in [0.15, 0.2) is 6.07 Å². The Morgan fingerprint density at radius 1 is 1.37 bits per heavy atom. The Hall–Kier alpha value is -1.85. The maximum atomic E-state index is 11.6. The van der Waals surface area contributed by atoms with Crippen molar-refractivity contribution in [2.45, 2.75) is 46.1 Å². The lowest BCUT2D eigenvalue weighted by molar-refractivity contribution is -0.122. The molecule has 6 heteroatoms. The second-order valence-corrected chi connectivity index (χ2v) is 5.42. The summed E-state index contributed by atoms with van der Waals surface area (Å²) in [6.45, 7) is 8.35. The van der Waals surface area contributed by atoms with E-state index >= 15 is 0 Å². The molecule has 0 radical (unpaired) electrons. The smallest absolute Gasteiger partial charge is 0.222 e. The maximum absolute atomic E-state index is 11.6. The van der Waals surface area contributed by atoms with Gasteiger partial charge in [0, 0.05) is 31.0 Å². The number of carbonyl (C=O) groups is 1. The highest BCUT2D eigenvalue weighted by atomic mass is 16.1. The van der Waals surface area contributed by atoms with Crippen molar-refractivity contribution in [3.63, 3.8) is 0 Å². The average Bonchev–Trinajstić information content (AvgIpc) is 2.25. The van der Waals surface area contributed by atoms with Crippen molar-refractivity contribution < 1.29 is 4.79 Å². The zero-order valence-electron chi connectivity index (χ0n) is 12.1. The van der Waals surface area contributed by atoms with Crippen molar-refractivity contribution in [1.82, 2.24) is 15.3 Å². The molecule has 106 valence electrons. The van der Waals surface area contributed by atoms with Crippen molar-refractivity contribution in [3.8, 4) is 0 Å². The van der Waals surface area contributed by atoms with Crippen molar-refractivity contribution in [2.24, 2.45) is 0 Å². The predicted octanol–water partition coefficient (Wildman–Crippen LogP) is 1.34. The summed E-state index contributed by atoms with van der Waals surface area (Å²) in [5.41, 5.74) is 5.48. The number of amides is 1. The molecule has 0 bridgehead atoms. The van der Waals surface area contributed by atoms with Gasteiger partial charge in [0.25, 0.3) is 0 Å². The van der Waals surface area contributed by atoms with Gasteiger partial charge in [-0.25, -0.2) is 9.97 Å². The van der Waals surface area contributed by atoms with E-state index in [2.05, 4.69) is 20.6 Å². The largest absolute Gasteiger partial charge is 0.384 e. The maximum Gasteiger partial charge on any atom is 0.222 e. The second kappa shape index (κ2) is 6.36. The second-order valence-electron chi connectivity index (χ2n) is 5.42. The van der Waals surface area contributed by atoms with E-state index in [0.29, 0.717) is 30.4 Å². The van der Waals surface area contributed by atoms with E-state index in [1.807, 2.05) is 27.7 Å². The van der Waals surface area contributed by atoms with Gasteiger partial charge in [0.15, 0.2) is 0 Å². The number of nitrogens with two attached hydrogens (primary N) is 1. The van der Waals surface area contributed by atoms with Gasteiger partial charge in [0.1, 0.15) is 17.5 Å². The molecule has 1 aromatic heterocycles. The number of hydrogen-bond acceptors (Lipinski definition) is 5. The normalized spacial score (nSPS) is 11.2. The summed E-state index contributed by atoms with van der Waals surface area (Å²) in [4.78, 5) is 20.0. The van der Waals surface area contributed by atoms with Crippen LogP contribution in [-0.2, 0) is 11.2 Å². The van der Waals surface area contributed by atoms with Crippen molar-refractivity contribution in [3.05, 3.63) is 11.9 Å². The van der Waals surface area contributed by atoms with Crippen molar-refractivity contribution in [2.75, 3.05) is 17.6 Å². The Bertz CT molecular complexity index is 439. The van der Waals surface area contributed by atoms with E-state index in [1.54, 1.807) is 6.07 Å². The fraction of sp³-hybridized carbons (Fsp3) is 0.615. The summed E-state index contributed by atoms with van der Waals surface area (Å²) >= 11 is 0. The molecule has 1 heterocycles. The minimum absolute atomic E-state index is 0.0118. The van der Waals surface area contributed by atoms with Gasteiger partial charge in [-0.05, 0) is 20.8 Å². The first-order chi connectivity index (χ1) is 8.80. The molecule has 0 aliphatic heterocycles. The van der Waals surface area contributed by atoms with Crippen LogP contribution in [0, 0.1) is 0 Å². The Morgan fingerprint density at radius 3 is 2.63 bits per heavy atom. The van der Waals surface area contributed by atoms with Gasteiger partial charge in [-0.3, -0.25) is 4.79 Å². The third kappa shape index (κ3) is 6.03. The number of nitrogen functional groups attached to an aromatic ring is 1. The lowest BCUT2D eigenvalue weighted by atomic mass is 10.1. The molecule has 1 aromatic rings. The molecule has 0 aromatic carbocycles. The number of nitrogens with one attached hydrogen (secondary N) is 2. The van der Waals surface area contributed by atoms with Crippen LogP contribution in [0.1, 0.15) is 39.9 Å². The number of aromatic nitrogens is 2. The third-order valence-corrected chi connectivity index (χ3v) is 2.28. The zero-order valence-corrected chi connectivity index (χ0v) is 12.1. The lowest BCUT2D eigenvalue weighted by Crippen LogP contribution is -2.41. The molecule has 0 unspecified atom stereocenters. The minimum Gasteiger partial charge on any atom is -0.384 e. The van der Waals surface area contributed by atoms with Crippen LogP contribution in [0.5, 0.6) is 0 Å². The summed E-state index contributed by atoms with van der Waals surface area (Å²) in [5.74, 6) is 1.81. The van der Waals surface area contributed by atoms with Crippen molar-refractivity contribution in [1.29, 1.82) is 0 Å². The van der Waals surface area contributed by atoms with Gasteiger partial charge in [-0.1, -0.05) is 6.92 Å². The minimum atomic E-state index is -0.203. The van der Waals surface area contributed by atoms with E-state index in [1.165, 1.54) is 0 Å². The summed E-state index contributed by atoms with van der Waals surface area (Å²) in [5, 5.41) is 5.99. The number of carbonyl (C=O) groups excluding carboxylic acids is 1. The molecular formula is C13H23N5O. The SMILES string of the molecule is CCc1nc(N)cc(NCCC(=O)NC(C)(C)C)n1. The van der Waals surface area contributed by atoms with Gasteiger partial charge in [0.2, 0.25) is 5.91 Å². The fourth-order valence-electron chi connectivity index (χ4n) is 1.55. The van der Waals surface area contributed by atoms with Gasteiger partial charge < -0.3 is 16.4 Å². The van der Waals surface area contributed by atoms with Crippen LogP contribution >= 0.6 is 0 Å². The molecule has 0 saturated heterocycles. The number of rotatable bonds is 5. The standard InChI is InChI=1S/C13H23N5O/c1-5-10-16-9(14)8-11(17-10)15-7-6-12(19)18-13(2,3)4/h8H,5-7H2,1-4H3,(H,18,19)(H3,14,15,16,17). The lowest BCUT2D eigenvalue weighted by Gasteiger charge is -2.20. The Kier molecular flexibility index (Phi) is 5.09. The van der Waals surface area contributed by atoms with Gasteiger partial charge in [-0.15, -0.1) is 0 Å². The van der Waals surface area contributed by atoms with Crippen LogP contribution in [0.4, 0.5) is 11.6 Å². The molecule has 19 heavy (non-hydrogen) atoms. The fourth-order valence-corrected chi connectivity index (χ4v) is 1.55. The van der Waals surface area contributed by atoms with Gasteiger partial charge in [0.05, 0.1) is 0 Å². The molecule has 1 rings (SSSR count). The van der Waals surface area contributed by atoms with E-state index in [0.717, 1.165) is 6.42 Å². The van der Waals surface area contributed by atoms with Gasteiger partial charge in [-0.2, -0.15) is 0 Å². The van der Waals surface area contributed by atoms with Crippen LogP contribution in [0.2, 0.25) is 0 Å². The average molecular weight is 265 g/mol. The predicted molar refractivity (Wildman–Crippen MR) is 76.8 cm³/mol. The molecule has 0 atom stereocenters. The van der Waals surface area contributed by atoms with E-state index < -0.39 is 0 Å². The van der Waals surface area contributed by atoms with E-state index in [4.69, 9.17) is 5.73 Å². The number of hydrogen-bond donors (Lipinski definition) is 3. The first-order valence-electron chi connectivity index (χ1n) is 6.48. The molecule has 0 saturated carbocycles. The highest BCUT2D eigenvalue weighted by Gasteiger charge is 2.13. The van der Waals surface area contributed by atoms with Gasteiger partial charge >= 0.3 is 0 Å². The molecule has 6 nitrogen and oxygen atoms in total. The highest BCUT2D eigenvalue weighted by molar-refractivity contribution is 5.77. The summed E-state index contributed by atoms with van der Waals surface area (Å²) in [7, 11) is 0. The van der Waals surface area contributed by atoms with E-state index in [-0.39, 0.29) is 11.4 Å². The van der Waals surface area contributed by atoms with Crippen molar-refractivity contribution >= 4 is 17.5 Å². The molecule has 0 aliphatic rings. The zero-order chi connectivity index (χ0) is 14.5. The number of anilines is 2. The molecular weight excluding hydrogens is 242 g/mol. The summed E-state index contributed by atoms with van der Waals surface area (Å²) in [6.07, 6.45) is 1.12. The topological polar surface area (TPSA) is 92.9 Å². The quantitative estimate of drug-likeness (QED) is 0.747. The third-order valence-electron chi connectivity index (χ3n) is 2.28. The van der Waals surface area contributed by atoms with Crippen LogP contribution in [-0.4, -0.2) is 28.0 Å². The van der Waals surface area contributed by atoms with Crippen LogP contribution < -0.4 is 16.4 Å². The monoisotopic (exact) mass is 265 g/mol. The molecule has 0 spiro atoms. The molecule has 0 aliphatic carbocycles.